The third-order valence-corrected chi connectivity index (χ3v) is 6.18. The fourth-order valence-electron chi connectivity index (χ4n) is 1.71. The number of benzene rings is 1. The molecule has 1 rings (SSSR count). The molecular formula is C13H24NOPSi. The van der Waals surface area contributed by atoms with E-state index in [2.05, 4.69) is 48.5 Å². The van der Waals surface area contributed by atoms with Crippen LogP contribution in [0.1, 0.15) is 5.56 Å². The molecule has 0 saturated heterocycles. The van der Waals surface area contributed by atoms with E-state index in [-0.39, 0.29) is 0 Å². The smallest absolute Gasteiger partial charge is 0.120 e. The maximum atomic E-state index is 12.0. The average molecular weight is 269 g/mol. The molecule has 1 aromatic carbocycles. The fourth-order valence-corrected chi connectivity index (χ4v) is 6.01. The fraction of sp³-hybridized carbons (Fsp3) is 0.538. The Morgan fingerprint density at radius 1 is 1.12 bits per heavy atom. The molecule has 0 aromatic heterocycles. The molecule has 0 N–H and O–H groups in total. The Hall–Kier alpha value is -0.373. The minimum Gasteiger partial charge on any atom is -0.323 e. The Kier molecular flexibility index (Phi) is 4.76. The summed E-state index contributed by atoms with van der Waals surface area (Å²) in [5.41, 5.74) is 1.31. The minimum atomic E-state index is -1.99. The van der Waals surface area contributed by atoms with Gasteiger partial charge in [-0.25, -0.2) is 0 Å². The van der Waals surface area contributed by atoms with Gasteiger partial charge in [0, 0.05) is 12.8 Å². The molecular weight excluding hydrogens is 245 g/mol. The lowest BCUT2D eigenvalue weighted by atomic mass is 10.2. The lowest BCUT2D eigenvalue weighted by molar-refractivity contribution is 0.467. The van der Waals surface area contributed by atoms with E-state index < -0.39 is 15.4 Å². The highest BCUT2D eigenvalue weighted by Crippen LogP contribution is 2.38. The van der Waals surface area contributed by atoms with Gasteiger partial charge in [-0.15, -0.1) is 0 Å². The summed E-state index contributed by atoms with van der Waals surface area (Å²) in [7, 11) is -3.41. The van der Waals surface area contributed by atoms with Crippen molar-refractivity contribution in [3.8, 4) is 0 Å². The predicted octanol–water partition coefficient (Wildman–Crippen LogP) is 3.90. The van der Waals surface area contributed by atoms with Gasteiger partial charge in [0.25, 0.3) is 0 Å². The molecule has 4 heteroatoms. The lowest BCUT2D eigenvalue weighted by Crippen LogP contribution is -2.45. The Morgan fingerprint density at radius 2 is 1.65 bits per heavy atom. The summed E-state index contributed by atoms with van der Waals surface area (Å²) in [6.45, 7) is 11.6. The molecule has 2 nitrogen and oxygen atoms in total. The first-order valence-corrected chi connectivity index (χ1v) is 12.2. The van der Waals surface area contributed by atoms with E-state index in [1.165, 1.54) is 5.56 Å². The van der Waals surface area contributed by atoms with Crippen molar-refractivity contribution >= 4 is 15.4 Å². The molecule has 0 heterocycles. The largest absolute Gasteiger partial charge is 0.323 e. The van der Waals surface area contributed by atoms with E-state index in [4.69, 9.17) is 0 Å². The Morgan fingerprint density at radius 3 is 2.06 bits per heavy atom. The summed E-state index contributed by atoms with van der Waals surface area (Å²) in [5.74, 6) is 0. The van der Waals surface area contributed by atoms with Gasteiger partial charge in [-0.05, 0) is 18.9 Å². The molecule has 96 valence electrons. The van der Waals surface area contributed by atoms with Crippen LogP contribution in [0.3, 0.4) is 0 Å². The van der Waals surface area contributed by atoms with Gasteiger partial charge in [0.15, 0.2) is 0 Å². The summed E-state index contributed by atoms with van der Waals surface area (Å²) in [4.78, 5) is 0. The highest BCUT2D eigenvalue weighted by Gasteiger charge is 2.27. The van der Waals surface area contributed by atoms with E-state index >= 15 is 0 Å². The van der Waals surface area contributed by atoms with Crippen LogP contribution in [0, 0.1) is 0 Å². The first kappa shape index (κ1) is 14.7. The maximum absolute atomic E-state index is 12.0. The zero-order valence-electron chi connectivity index (χ0n) is 11.6. The molecule has 0 saturated carbocycles. The second-order valence-corrected chi connectivity index (χ2v) is 14.5. The normalized spacial score (nSPS) is 13.1. The van der Waals surface area contributed by atoms with E-state index in [0.29, 0.717) is 0 Å². The van der Waals surface area contributed by atoms with Crippen LogP contribution in [-0.2, 0) is 11.1 Å². The van der Waals surface area contributed by atoms with Crippen molar-refractivity contribution in [1.29, 1.82) is 0 Å². The Balaban J connectivity index is 2.82. The van der Waals surface area contributed by atoms with Crippen molar-refractivity contribution < 1.29 is 4.57 Å². The van der Waals surface area contributed by atoms with Crippen LogP contribution in [0.25, 0.3) is 0 Å². The quantitative estimate of drug-likeness (QED) is 0.597. The lowest BCUT2D eigenvalue weighted by Gasteiger charge is -2.35. The summed E-state index contributed by atoms with van der Waals surface area (Å²) in [6.07, 6.45) is 0.734. The van der Waals surface area contributed by atoms with Crippen LogP contribution in [0.15, 0.2) is 30.3 Å². The number of nitrogens with zero attached hydrogens (tertiary/aromatic N) is 1. The molecule has 0 bridgehead atoms. The highest BCUT2D eigenvalue weighted by molar-refractivity contribution is 7.62. The van der Waals surface area contributed by atoms with Crippen LogP contribution >= 0.6 is 7.14 Å². The van der Waals surface area contributed by atoms with Gasteiger partial charge >= 0.3 is 0 Å². The van der Waals surface area contributed by atoms with Crippen molar-refractivity contribution in [3.05, 3.63) is 35.9 Å². The summed E-state index contributed by atoms with van der Waals surface area (Å²) < 4.78 is 14.5. The molecule has 0 aliphatic rings. The molecule has 17 heavy (non-hydrogen) atoms. The molecule has 0 amide bonds. The van der Waals surface area contributed by atoms with Gasteiger partial charge in [0.05, 0.1) is 7.14 Å². The maximum Gasteiger partial charge on any atom is 0.120 e. The van der Waals surface area contributed by atoms with Crippen LogP contribution in [-0.4, -0.2) is 32.4 Å². The zero-order valence-corrected chi connectivity index (χ0v) is 13.5. The summed E-state index contributed by atoms with van der Waals surface area (Å²) in [5, 5.41) is 0. The molecule has 0 unspecified atom stereocenters. The van der Waals surface area contributed by atoms with Crippen LogP contribution in [0.2, 0.25) is 19.6 Å². The van der Waals surface area contributed by atoms with E-state index in [0.717, 1.165) is 12.8 Å². The topological polar surface area (TPSA) is 20.3 Å². The second kappa shape index (κ2) is 5.51. The van der Waals surface area contributed by atoms with Crippen molar-refractivity contribution in [2.24, 2.45) is 0 Å². The van der Waals surface area contributed by atoms with Crippen molar-refractivity contribution in [1.82, 2.24) is 4.57 Å². The predicted molar refractivity (Wildman–Crippen MR) is 79.7 cm³/mol. The first-order valence-electron chi connectivity index (χ1n) is 6.01. The molecule has 0 aliphatic heterocycles. The second-order valence-electron chi connectivity index (χ2n) is 6.07. The van der Waals surface area contributed by atoms with Gasteiger partial charge in [0.2, 0.25) is 0 Å². The zero-order chi connectivity index (χ0) is 13.1. The van der Waals surface area contributed by atoms with Crippen LogP contribution in [0.4, 0.5) is 0 Å². The minimum absolute atomic E-state index is 0.734. The summed E-state index contributed by atoms with van der Waals surface area (Å²) in [6, 6.07) is 10.4. The van der Waals surface area contributed by atoms with Gasteiger partial charge < -0.3 is 9.13 Å². The van der Waals surface area contributed by atoms with Crippen molar-refractivity contribution in [2.45, 2.75) is 26.2 Å². The van der Waals surface area contributed by atoms with Crippen molar-refractivity contribution in [2.75, 3.05) is 19.6 Å². The monoisotopic (exact) mass is 269 g/mol. The van der Waals surface area contributed by atoms with Crippen LogP contribution < -0.4 is 0 Å². The van der Waals surface area contributed by atoms with Gasteiger partial charge in [0.1, 0.15) is 8.24 Å². The van der Waals surface area contributed by atoms with Gasteiger partial charge in [-0.1, -0.05) is 50.0 Å². The number of hydrogen-bond acceptors (Lipinski definition) is 2. The standard InChI is InChI=1S/C13H24NOPSi/c1-16(2,15)12-14(17(3,4)5)11-13-9-7-6-8-10-13/h6-10H,11-12H2,1-5H3. The molecule has 0 spiro atoms. The molecule has 1 aromatic rings. The third kappa shape index (κ3) is 5.67. The van der Waals surface area contributed by atoms with E-state index in [9.17, 15) is 4.57 Å². The molecule has 0 radical (unpaired) electrons. The highest BCUT2D eigenvalue weighted by atomic mass is 31.2. The Bertz CT molecular complexity index is 394. The van der Waals surface area contributed by atoms with E-state index in [1.54, 1.807) is 0 Å². The average Bonchev–Trinajstić information content (AvgIpc) is 2.15. The molecule has 0 aliphatic carbocycles. The molecule has 0 atom stereocenters. The van der Waals surface area contributed by atoms with Gasteiger partial charge in [-0.2, -0.15) is 0 Å². The first-order chi connectivity index (χ1) is 7.68. The van der Waals surface area contributed by atoms with Crippen molar-refractivity contribution in [3.63, 3.8) is 0 Å². The SMILES string of the molecule is C[Si](C)(C)N(Cc1ccccc1)CP(C)(C)=O. The third-order valence-electron chi connectivity index (χ3n) is 2.68. The summed E-state index contributed by atoms with van der Waals surface area (Å²) >= 11 is 0. The Labute approximate surface area is 106 Å². The molecule has 0 fully saturated rings. The van der Waals surface area contributed by atoms with E-state index in [1.807, 2.05) is 19.4 Å². The number of rotatable bonds is 5. The number of hydrogen-bond donors (Lipinski definition) is 0. The van der Waals surface area contributed by atoms with Crippen LogP contribution in [0.5, 0.6) is 0 Å². The van der Waals surface area contributed by atoms with Gasteiger partial charge in [-0.3, -0.25) is 0 Å².